The minimum atomic E-state index is -3.47. The molecule has 3 N–H and O–H groups in total. The van der Waals surface area contributed by atoms with E-state index >= 15 is 0 Å². The second kappa shape index (κ2) is 8.61. The van der Waals surface area contributed by atoms with Gasteiger partial charge in [0.25, 0.3) is 0 Å². The molecule has 0 bridgehead atoms. The van der Waals surface area contributed by atoms with Crippen LogP contribution in [0.25, 0.3) is 0 Å². The highest BCUT2D eigenvalue weighted by atomic mass is 32.2. The van der Waals surface area contributed by atoms with E-state index in [9.17, 15) is 13.2 Å². The maximum Gasteiger partial charge on any atom is 0.319 e. The van der Waals surface area contributed by atoms with Crippen LogP contribution in [0.2, 0.25) is 0 Å². The van der Waals surface area contributed by atoms with Crippen LogP contribution in [0.3, 0.4) is 0 Å². The summed E-state index contributed by atoms with van der Waals surface area (Å²) < 4.78 is 35.6. The Balaban J connectivity index is 1.94. The lowest BCUT2D eigenvalue weighted by atomic mass is 10.1. The maximum absolute atomic E-state index is 12.1. The molecule has 1 unspecified atom stereocenters. The van der Waals surface area contributed by atoms with Crippen LogP contribution in [0.4, 0.5) is 16.2 Å². The molecule has 9 heteroatoms. The van der Waals surface area contributed by atoms with E-state index in [2.05, 4.69) is 15.4 Å². The van der Waals surface area contributed by atoms with Crippen LogP contribution in [0.1, 0.15) is 19.1 Å². The van der Waals surface area contributed by atoms with Gasteiger partial charge in [0, 0.05) is 18.2 Å². The van der Waals surface area contributed by atoms with Crippen LogP contribution >= 0.6 is 0 Å². The highest BCUT2D eigenvalue weighted by molar-refractivity contribution is 7.92. The number of hydrogen-bond donors (Lipinski definition) is 3. The molecule has 0 aliphatic rings. The van der Waals surface area contributed by atoms with Crippen molar-refractivity contribution in [3.05, 3.63) is 42.4 Å². The zero-order valence-corrected chi connectivity index (χ0v) is 15.7. The Morgan fingerprint density at radius 1 is 1.31 bits per heavy atom. The normalized spacial score (nSPS) is 12.3. The first-order valence-electron chi connectivity index (χ1n) is 8.02. The number of aryl methyl sites for hydroxylation is 1. The van der Waals surface area contributed by atoms with Crippen molar-refractivity contribution in [3.63, 3.8) is 0 Å². The Labute approximate surface area is 153 Å². The first-order valence-corrected chi connectivity index (χ1v) is 9.91. The van der Waals surface area contributed by atoms with Gasteiger partial charge in [-0.05, 0) is 43.7 Å². The molecule has 2 rings (SSSR count). The van der Waals surface area contributed by atoms with Crippen LogP contribution in [0.5, 0.6) is 5.75 Å². The van der Waals surface area contributed by atoms with E-state index in [-0.39, 0.29) is 17.8 Å². The second-order valence-electron chi connectivity index (χ2n) is 5.91. The van der Waals surface area contributed by atoms with E-state index in [1.165, 1.54) is 13.2 Å². The quantitative estimate of drug-likeness (QED) is 0.651. The summed E-state index contributed by atoms with van der Waals surface area (Å²) in [4.78, 5) is 12.1. The van der Waals surface area contributed by atoms with Crippen LogP contribution in [-0.2, 0) is 16.4 Å². The number of carbonyl (C=O) groups is 1. The van der Waals surface area contributed by atoms with Crippen molar-refractivity contribution in [1.82, 2.24) is 5.32 Å². The van der Waals surface area contributed by atoms with Gasteiger partial charge >= 0.3 is 6.03 Å². The summed E-state index contributed by atoms with van der Waals surface area (Å²) in [5.74, 6) is 1.22. The molecule has 0 spiro atoms. The molecule has 2 amide bonds. The van der Waals surface area contributed by atoms with Crippen molar-refractivity contribution in [2.24, 2.45) is 0 Å². The molecule has 142 valence electrons. The average Bonchev–Trinajstić information content (AvgIpc) is 3.05. The first-order chi connectivity index (χ1) is 12.3. The van der Waals surface area contributed by atoms with Gasteiger partial charge in [-0.1, -0.05) is 0 Å². The molecule has 0 aliphatic carbocycles. The summed E-state index contributed by atoms with van der Waals surface area (Å²) in [7, 11) is -2.04. The minimum Gasteiger partial charge on any atom is -0.495 e. The molecule has 8 nitrogen and oxygen atoms in total. The number of hydrogen-bond acceptors (Lipinski definition) is 5. The zero-order valence-electron chi connectivity index (χ0n) is 14.9. The highest BCUT2D eigenvalue weighted by Gasteiger charge is 2.12. The molecule has 1 aromatic carbocycles. The van der Waals surface area contributed by atoms with Gasteiger partial charge in [0.1, 0.15) is 11.5 Å². The standard InChI is InChI=1S/C17H23N3O5S/c1-12(6-8-14-5-4-10-25-14)18-17(21)19-13-7-9-16(24-2)15(11-13)20-26(3,22)23/h4-5,7,9-12,20H,6,8H2,1-3H3,(H2,18,19,21). The number of sulfonamides is 1. The van der Waals surface area contributed by atoms with E-state index in [1.807, 2.05) is 19.1 Å². The number of amides is 2. The summed E-state index contributed by atoms with van der Waals surface area (Å²) in [6.45, 7) is 1.90. The number of furan rings is 1. The molecule has 26 heavy (non-hydrogen) atoms. The summed E-state index contributed by atoms with van der Waals surface area (Å²) in [6.07, 6.45) is 4.11. The van der Waals surface area contributed by atoms with E-state index in [0.29, 0.717) is 11.4 Å². The summed E-state index contributed by atoms with van der Waals surface area (Å²) in [5.41, 5.74) is 0.686. The second-order valence-corrected chi connectivity index (χ2v) is 7.66. The summed E-state index contributed by atoms with van der Waals surface area (Å²) >= 11 is 0. The third kappa shape index (κ3) is 6.32. The Hall–Kier alpha value is -2.68. The smallest absolute Gasteiger partial charge is 0.319 e. The number of ether oxygens (including phenoxy) is 1. The van der Waals surface area contributed by atoms with Gasteiger partial charge in [0.2, 0.25) is 10.0 Å². The van der Waals surface area contributed by atoms with Gasteiger partial charge in [-0.2, -0.15) is 0 Å². The van der Waals surface area contributed by atoms with Crippen LogP contribution in [-0.4, -0.2) is 33.9 Å². The van der Waals surface area contributed by atoms with Crippen molar-refractivity contribution >= 4 is 27.4 Å². The monoisotopic (exact) mass is 381 g/mol. The predicted molar refractivity (Wildman–Crippen MR) is 100 cm³/mol. The molecule has 0 saturated carbocycles. The lowest BCUT2D eigenvalue weighted by Crippen LogP contribution is -2.36. The van der Waals surface area contributed by atoms with Crippen molar-refractivity contribution in [2.45, 2.75) is 25.8 Å². The van der Waals surface area contributed by atoms with Crippen molar-refractivity contribution in [3.8, 4) is 5.75 Å². The average molecular weight is 381 g/mol. The van der Waals surface area contributed by atoms with Crippen LogP contribution in [0.15, 0.2) is 41.0 Å². The fraction of sp³-hybridized carbons (Fsp3) is 0.353. The molecule has 1 atom stereocenters. The minimum absolute atomic E-state index is 0.0630. The topological polar surface area (TPSA) is 110 Å². The zero-order chi connectivity index (χ0) is 19.2. The van der Waals surface area contributed by atoms with E-state index in [4.69, 9.17) is 9.15 Å². The predicted octanol–water partition coefficient (Wildman–Crippen LogP) is 2.80. The molecule has 0 radical (unpaired) electrons. The number of urea groups is 1. The maximum atomic E-state index is 12.1. The van der Waals surface area contributed by atoms with Gasteiger partial charge in [-0.25, -0.2) is 13.2 Å². The largest absolute Gasteiger partial charge is 0.495 e. The van der Waals surface area contributed by atoms with Crippen molar-refractivity contribution in [1.29, 1.82) is 0 Å². The van der Waals surface area contributed by atoms with E-state index in [1.54, 1.807) is 18.4 Å². The fourth-order valence-corrected chi connectivity index (χ4v) is 2.90. The SMILES string of the molecule is COc1ccc(NC(=O)NC(C)CCc2ccco2)cc1NS(C)(=O)=O. The van der Waals surface area contributed by atoms with Crippen LogP contribution < -0.4 is 20.1 Å². The fourth-order valence-electron chi connectivity index (χ4n) is 2.34. The number of carbonyl (C=O) groups excluding carboxylic acids is 1. The van der Waals surface area contributed by atoms with Crippen molar-refractivity contribution in [2.75, 3.05) is 23.4 Å². The Morgan fingerprint density at radius 3 is 2.69 bits per heavy atom. The highest BCUT2D eigenvalue weighted by Crippen LogP contribution is 2.28. The number of rotatable bonds is 8. The lowest BCUT2D eigenvalue weighted by Gasteiger charge is -2.15. The Bertz CT molecular complexity index is 834. The van der Waals surface area contributed by atoms with Crippen molar-refractivity contribution < 1.29 is 22.4 Å². The number of methoxy groups -OCH3 is 1. The van der Waals surface area contributed by atoms with Gasteiger partial charge < -0.3 is 19.8 Å². The molecule has 1 aromatic heterocycles. The Morgan fingerprint density at radius 2 is 2.08 bits per heavy atom. The first kappa shape index (κ1) is 19.6. The molecule has 0 saturated heterocycles. The van der Waals surface area contributed by atoms with E-state index in [0.717, 1.165) is 24.9 Å². The van der Waals surface area contributed by atoms with E-state index < -0.39 is 10.0 Å². The summed E-state index contributed by atoms with van der Waals surface area (Å²) in [5, 5.41) is 5.51. The van der Waals surface area contributed by atoms with Gasteiger partial charge in [0.15, 0.2) is 0 Å². The molecule has 2 aromatic rings. The number of anilines is 2. The van der Waals surface area contributed by atoms with Crippen LogP contribution in [0, 0.1) is 0 Å². The van der Waals surface area contributed by atoms with Gasteiger partial charge in [-0.3, -0.25) is 4.72 Å². The molecular formula is C17H23N3O5S. The molecular weight excluding hydrogens is 358 g/mol. The summed E-state index contributed by atoms with van der Waals surface area (Å²) in [6, 6.07) is 7.96. The number of nitrogens with one attached hydrogen (secondary N) is 3. The molecule has 1 heterocycles. The van der Waals surface area contributed by atoms with Gasteiger partial charge in [0.05, 0.1) is 25.3 Å². The van der Waals surface area contributed by atoms with Gasteiger partial charge in [-0.15, -0.1) is 0 Å². The third-order valence-corrected chi connectivity index (χ3v) is 4.12. The molecule has 0 aliphatic heterocycles. The lowest BCUT2D eigenvalue weighted by molar-refractivity contribution is 0.248. The number of benzene rings is 1. The third-order valence-electron chi connectivity index (χ3n) is 3.53. The molecule has 0 fully saturated rings. The Kier molecular flexibility index (Phi) is 6.51.